The fourth-order valence-electron chi connectivity index (χ4n) is 1.31. The minimum absolute atomic E-state index is 0.914. The molecule has 1 heterocycles. The number of hydrogen-bond donors (Lipinski definition) is 1. The molecule has 0 radical (unpaired) electrons. The Morgan fingerprint density at radius 1 is 1.24 bits per heavy atom. The Morgan fingerprint density at radius 3 is 2.65 bits per heavy atom. The first-order valence-corrected chi connectivity index (χ1v) is 6.30. The number of hydrazone groups is 1. The molecule has 86 valence electrons. The van der Waals surface area contributed by atoms with Gasteiger partial charge in [-0.1, -0.05) is 6.07 Å². The zero-order valence-electron chi connectivity index (χ0n) is 9.39. The first-order chi connectivity index (χ1) is 8.25. The maximum absolute atomic E-state index is 4.32. The van der Waals surface area contributed by atoms with Gasteiger partial charge in [-0.15, -0.1) is 0 Å². The molecule has 4 heteroatoms. The molecule has 17 heavy (non-hydrogen) atoms. The highest BCUT2D eigenvalue weighted by atomic mass is 127. The molecule has 0 saturated carbocycles. The Hall–Kier alpha value is -1.43. The molecule has 0 saturated heterocycles. The number of anilines is 1. The van der Waals surface area contributed by atoms with Crippen LogP contribution in [0.4, 0.5) is 5.69 Å². The molecule has 0 spiro atoms. The summed E-state index contributed by atoms with van der Waals surface area (Å²) in [6.07, 6.45) is 3.55. The number of hydrogen-bond acceptors (Lipinski definition) is 3. The standard InChI is InChI=1S/C13H12IN3/c1-10(11-3-2-8-15-9-11)16-17-13-6-4-12(14)5-7-13/h2-9,17H,1H3. The third kappa shape index (κ3) is 3.52. The maximum Gasteiger partial charge on any atom is 0.0663 e. The normalized spacial score (nSPS) is 11.3. The first kappa shape index (κ1) is 12.0. The van der Waals surface area contributed by atoms with E-state index in [4.69, 9.17) is 0 Å². The highest BCUT2D eigenvalue weighted by Crippen LogP contribution is 2.11. The summed E-state index contributed by atoms with van der Waals surface area (Å²) < 4.78 is 1.21. The van der Waals surface area contributed by atoms with Gasteiger partial charge in [-0.2, -0.15) is 5.10 Å². The third-order valence-electron chi connectivity index (χ3n) is 2.28. The average molecular weight is 337 g/mol. The highest BCUT2D eigenvalue weighted by Gasteiger charge is 1.96. The molecule has 1 aromatic heterocycles. The van der Waals surface area contributed by atoms with Crippen molar-refractivity contribution in [2.75, 3.05) is 5.43 Å². The van der Waals surface area contributed by atoms with Gasteiger partial charge in [-0.25, -0.2) is 0 Å². The summed E-state index contributed by atoms with van der Waals surface area (Å²) in [4.78, 5) is 4.06. The largest absolute Gasteiger partial charge is 0.278 e. The lowest BCUT2D eigenvalue weighted by molar-refractivity contribution is 1.28. The predicted octanol–water partition coefficient (Wildman–Crippen LogP) is 3.52. The van der Waals surface area contributed by atoms with E-state index in [-0.39, 0.29) is 0 Å². The van der Waals surface area contributed by atoms with Crippen molar-refractivity contribution in [1.82, 2.24) is 4.98 Å². The van der Waals surface area contributed by atoms with Crippen molar-refractivity contribution < 1.29 is 0 Å². The molecular formula is C13H12IN3. The molecule has 1 aromatic carbocycles. The van der Waals surface area contributed by atoms with Crippen molar-refractivity contribution in [3.05, 3.63) is 57.9 Å². The highest BCUT2D eigenvalue weighted by molar-refractivity contribution is 14.1. The maximum atomic E-state index is 4.32. The van der Waals surface area contributed by atoms with Crippen LogP contribution in [0.2, 0.25) is 0 Å². The van der Waals surface area contributed by atoms with Crippen LogP contribution in [0.15, 0.2) is 53.9 Å². The number of pyridine rings is 1. The van der Waals surface area contributed by atoms with Crippen molar-refractivity contribution in [1.29, 1.82) is 0 Å². The summed E-state index contributed by atoms with van der Waals surface area (Å²) in [5, 5.41) is 4.32. The Kier molecular flexibility index (Phi) is 4.08. The molecule has 0 bridgehead atoms. The van der Waals surface area contributed by atoms with Crippen molar-refractivity contribution >= 4 is 34.0 Å². The first-order valence-electron chi connectivity index (χ1n) is 5.22. The smallest absolute Gasteiger partial charge is 0.0663 e. The van der Waals surface area contributed by atoms with E-state index in [0.717, 1.165) is 17.0 Å². The summed E-state index contributed by atoms with van der Waals surface area (Å²) in [6.45, 7) is 1.96. The van der Waals surface area contributed by atoms with Gasteiger partial charge in [-0.3, -0.25) is 10.4 Å². The van der Waals surface area contributed by atoms with Gasteiger partial charge in [0.05, 0.1) is 11.4 Å². The fourth-order valence-corrected chi connectivity index (χ4v) is 1.67. The number of aromatic nitrogens is 1. The van der Waals surface area contributed by atoms with Crippen LogP contribution in [0.5, 0.6) is 0 Å². The van der Waals surface area contributed by atoms with Crippen molar-refractivity contribution in [2.24, 2.45) is 5.10 Å². The Morgan fingerprint density at radius 2 is 2.00 bits per heavy atom. The number of benzene rings is 1. The molecule has 3 nitrogen and oxygen atoms in total. The second kappa shape index (κ2) is 5.77. The zero-order valence-corrected chi connectivity index (χ0v) is 11.5. The topological polar surface area (TPSA) is 37.3 Å². The van der Waals surface area contributed by atoms with Gasteiger partial charge in [0.1, 0.15) is 0 Å². The molecule has 2 aromatic rings. The molecule has 0 atom stereocenters. The molecule has 2 rings (SSSR count). The van der Waals surface area contributed by atoms with Crippen molar-refractivity contribution in [3.63, 3.8) is 0 Å². The van der Waals surface area contributed by atoms with Crippen LogP contribution in [0.25, 0.3) is 0 Å². The summed E-state index contributed by atoms with van der Waals surface area (Å²) in [6, 6.07) is 12.0. The van der Waals surface area contributed by atoms with E-state index < -0.39 is 0 Å². The molecule has 0 unspecified atom stereocenters. The number of nitrogens with zero attached hydrogens (tertiary/aromatic N) is 2. The van der Waals surface area contributed by atoms with E-state index in [1.165, 1.54) is 3.57 Å². The van der Waals surface area contributed by atoms with Crippen LogP contribution >= 0.6 is 22.6 Å². The van der Waals surface area contributed by atoms with Crippen LogP contribution in [0, 0.1) is 3.57 Å². The van der Waals surface area contributed by atoms with Gasteiger partial charge < -0.3 is 0 Å². The Bertz CT molecular complexity index is 506. The van der Waals surface area contributed by atoms with Crippen LogP contribution in [0.3, 0.4) is 0 Å². The molecular weight excluding hydrogens is 325 g/mol. The molecule has 1 N–H and O–H groups in total. The molecule has 0 fully saturated rings. The van der Waals surface area contributed by atoms with Gasteiger partial charge in [0, 0.05) is 21.5 Å². The number of halogens is 1. The Balaban J connectivity index is 2.08. The molecule has 0 aliphatic rings. The van der Waals surface area contributed by atoms with Crippen LogP contribution in [0.1, 0.15) is 12.5 Å². The summed E-state index contributed by atoms with van der Waals surface area (Å²) in [5.74, 6) is 0. The van der Waals surface area contributed by atoms with Crippen LogP contribution < -0.4 is 5.43 Å². The van der Waals surface area contributed by atoms with E-state index in [9.17, 15) is 0 Å². The zero-order chi connectivity index (χ0) is 12.1. The summed E-state index contributed by atoms with van der Waals surface area (Å²) in [5.41, 5.74) is 5.94. The lowest BCUT2D eigenvalue weighted by atomic mass is 10.2. The SMILES string of the molecule is CC(=NNc1ccc(I)cc1)c1cccnc1. The second-order valence-corrected chi connectivity index (χ2v) is 4.80. The van der Waals surface area contributed by atoms with E-state index >= 15 is 0 Å². The quantitative estimate of drug-likeness (QED) is 0.529. The second-order valence-electron chi connectivity index (χ2n) is 3.56. The van der Waals surface area contributed by atoms with Crippen molar-refractivity contribution in [3.8, 4) is 0 Å². The molecule has 0 aliphatic heterocycles. The average Bonchev–Trinajstić information content (AvgIpc) is 2.39. The monoisotopic (exact) mass is 337 g/mol. The van der Waals surface area contributed by atoms with Gasteiger partial charge in [0.15, 0.2) is 0 Å². The third-order valence-corrected chi connectivity index (χ3v) is 3.00. The molecule has 0 aliphatic carbocycles. The van der Waals surface area contributed by atoms with Gasteiger partial charge >= 0.3 is 0 Å². The van der Waals surface area contributed by atoms with Crippen LogP contribution in [-0.2, 0) is 0 Å². The lowest BCUT2D eigenvalue weighted by Gasteiger charge is -2.03. The van der Waals surface area contributed by atoms with Gasteiger partial charge in [-0.05, 0) is 59.8 Å². The van der Waals surface area contributed by atoms with Crippen molar-refractivity contribution in [2.45, 2.75) is 6.92 Å². The van der Waals surface area contributed by atoms with Gasteiger partial charge in [0.25, 0.3) is 0 Å². The minimum atomic E-state index is 0.914. The van der Waals surface area contributed by atoms with E-state index in [2.05, 4.69) is 38.1 Å². The number of rotatable bonds is 3. The Labute approximate surface area is 114 Å². The summed E-state index contributed by atoms with van der Waals surface area (Å²) in [7, 11) is 0. The number of nitrogens with one attached hydrogen (secondary N) is 1. The predicted molar refractivity (Wildman–Crippen MR) is 79.2 cm³/mol. The van der Waals surface area contributed by atoms with E-state index in [1.807, 2.05) is 43.3 Å². The minimum Gasteiger partial charge on any atom is -0.278 e. The molecule has 0 amide bonds. The van der Waals surface area contributed by atoms with E-state index in [1.54, 1.807) is 12.4 Å². The summed E-state index contributed by atoms with van der Waals surface area (Å²) >= 11 is 2.28. The van der Waals surface area contributed by atoms with Gasteiger partial charge in [0.2, 0.25) is 0 Å². The lowest BCUT2D eigenvalue weighted by Crippen LogP contribution is -1.99. The fraction of sp³-hybridized carbons (Fsp3) is 0.0769. The van der Waals surface area contributed by atoms with E-state index in [0.29, 0.717) is 0 Å². The van der Waals surface area contributed by atoms with Crippen LogP contribution in [-0.4, -0.2) is 10.7 Å².